The van der Waals surface area contributed by atoms with Gasteiger partial charge in [-0.3, -0.25) is 4.79 Å². The molecule has 1 amide bonds. The number of carbonyl (C=O) groups is 2. The summed E-state index contributed by atoms with van der Waals surface area (Å²) in [6, 6.07) is 17.2. The van der Waals surface area contributed by atoms with Gasteiger partial charge in [-0.1, -0.05) is 41.9 Å². The molecule has 35 heavy (non-hydrogen) atoms. The monoisotopic (exact) mass is 490 g/mol. The molecule has 6 nitrogen and oxygen atoms in total. The van der Waals surface area contributed by atoms with Gasteiger partial charge in [-0.2, -0.15) is 0 Å². The van der Waals surface area contributed by atoms with Crippen molar-refractivity contribution < 1.29 is 19.1 Å². The van der Waals surface area contributed by atoms with Gasteiger partial charge in [-0.15, -0.1) is 0 Å². The Labute approximate surface area is 210 Å². The molecule has 1 aliphatic rings. The molecule has 7 heteroatoms. The van der Waals surface area contributed by atoms with E-state index in [4.69, 9.17) is 21.1 Å². The minimum Gasteiger partial charge on any atom is -0.495 e. The number of aromatic nitrogens is 1. The van der Waals surface area contributed by atoms with Gasteiger partial charge in [0, 0.05) is 22.8 Å². The molecular formula is C28H27ClN2O4. The number of carbonyl (C=O) groups excluding carboxylic acids is 2. The van der Waals surface area contributed by atoms with E-state index in [9.17, 15) is 9.59 Å². The summed E-state index contributed by atoms with van der Waals surface area (Å²) < 4.78 is 12.4. The second-order valence-electron chi connectivity index (χ2n) is 8.37. The molecule has 2 aromatic carbocycles. The van der Waals surface area contributed by atoms with Crippen LogP contribution in [0.1, 0.15) is 29.4 Å². The molecule has 2 heterocycles. The number of aryl methyl sites for hydroxylation is 1. The van der Waals surface area contributed by atoms with Crippen LogP contribution in [0, 0.1) is 13.8 Å². The molecular weight excluding hydrogens is 464 g/mol. The Bertz CT molecular complexity index is 1370. The van der Waals surface area contributed by atoms with Gasteiger partial charge in [0.15, 0.2) is 0 Å². The summed E-state index contributed by atoms with van der Waals surface area (Å²) in [7, 11) is 2.90. The maximum atomic E-state index is 13.5. The van der Waals surface area contributed by atoms with Crippen LogP contribution in [-0.4, -0.2) is 35.6 Å². The van der Waals surface area contributed by atoms with Crippen LogP contribution in [0.15, 0.2) is 71.4 Å². The first-order chi connectivity index (χ1) is 16.8. The van der Waals surface area contributed by atoms with E-state index in [0.717, 1.165) is 28.2 Å². The molecule has 3 aromatic rings. The Kier molecular flexibility index (Phi) is 6.85. The first kappa shape index (κ1) is 24.4. The average Bonchev–Trinajstić information content (AvgIpc) is 3.26. The normalized spacial score (nSPS) is 14.7. The van der Waals surface area contributed by atoms with Crippen LogP contribution in [0.2, 0.25) is 5.02 Å². The number of hydrogen-bond donors (Lipinski definition) is 0. The van der Waals surface area contributed by atoms with Gasteiger partial charge >= 0.3 is 5.97 Å². The van der Waals surface area contributed by atoms with Crippen molar-refractivity contribution in [1.82, 2.24) is 9.47 Å². The zero-order chi connectivity index (χ0) is 25.3. The largest absolute Gasteiger partial charge is 0.495 e. The minimum absolute atomic E-state index is 0.232. The highest BCUT2D eigenvalue weighted by molar-refractivity contribution is 6.32. The number of hydrogen-bond acceptors (Lipinski definition) is 4. The predicted molar refractivity (Wildman–Crippen MR) is 136 cm³/mol. The van der Waals surface area contributed by atoms with Gasteiger partial charge in [-0.25, -0.2) is 4.79 Å². The molecule has 1 aliphatic heterocycles. The second kappa shape index (κ2) is 9.84. The van der Waals surface area contributed by atoms with Crippen LogP contribution in [0.4, 0.5) is 0 Å². The standard InChI is InChI=1S/C28H27ClN2O4/c1-17-13-21(18(2)31(17)22-11-12-25(34-4)24(29)15-22)14-23-26(28(33)35-5)19(3)30(27(23)32)16-20-9-7-6-8-10-20/h6-15H,16H2,1-5H3/b23-14-. The van der Waals surface area contributed by atoms with Gasteiger partial charge < -0.3 is 18.9 Å². The zero-order valence-corrected chi connectivity index (χ0v) is 21.1. The van der Waals surface area contributed by atoms with E-state index in [1.807, 2.05) is 73.0 Å². The molecule has 180 valence electrons. The molecule has 0 atom stereocenters. The Balaban J connectivity index is 1.78. The topological polar surface area (TPSA) is 60.8 Å². The molecule has 1 aromatic heterocycles. The van der Waals surface area contributed by atoms with Crippen LogP contribution >= 0.6 is 11.6 Å². The molecule has 0 fully saturated rings. The van der Waals surface area contributed by atoms with Crippen LogP contribution in [0.5, 0.6) is 5.75 Å². The second-order valence-corrected chi connectivity index (χ2v) is 8.77. The number of amides is 1. The maximum Gasteiger partial charge on any atom is 0.340 e. The van der Waals surface area contributed by atoms with E-state index in [2.05, 4.69) is 0 Å². The molecule has 0 aliphatic carbocycles. The predicted octanol–water partition coefficient (Wildman–Crippen LogP) is 5.63. The third-order valence-corrected chi connectivity index (χ3v) is 6.54. The molecule has 0 saturated heterocycles. The fourth-order valence-corrected chi connectivity index (χ4v) is 4.72. The number of allylic oxidation sites excluding steroid dienone is 1. The number of ether oxygens (including phenoxy) is 2. The summed E-state index contributed by atoms with van der Waals surface area (Å²) in [5.74, 6) is -0.170. The fourth-order valence-electron chi connectivity index (χ4n) is 4.47. The molecule has 0 radical (unpaired) electrons. The average molecular weight is 491 g/mol. The van der Waals surface area contributed by atoms with Gasteiger partial charge in [0.2, 0.25) is 0 Å². The maximum absolute atomic E-state index is 13.5. The highest BCUT2D eigenvalue weighted by atomic mass is 35.5. The first-order valence-electron chi connectivity index (χ1n) is 11.2. The zero-order valence-electron chi connectivity index (χ0n) is 20.4. The summed E-state index contributed by atoms with van der Waals surface area (Å²) >= 11 is 6.36. The Morgan fingerprint density at radius 3 is 2.37 bits per heavy atom. The van der Waals surface area contributed by atoms with E-state index < -0.39 is 5.97 Å². The highest BCUT2D eigenvalue weighted by Gasteiger charge is 2.37. The lowest BCUT2D eigenvalue weighted by molar-refractivity contribution is -0.136. The van der Waals surface area contributed by atoms with Gasteiger partial charge in [0.25, 0.3) is 5.91 Å². The van der Waals surface area contributed by atoms with Crippen LogP contribution in [0.25, 0.3) is 11.8 Å². The lowest BCUT2D eigenvalue weighted by Crippen LogP contribution is -2.24. The van der Waals surface area contributed by atoms with E-state index in [0.29, 0.717) is 28.6 Å². The van der Waals surface area contributed by atoms with Gasteiger partial charge in [0.05, 0.1) is 36.9 Å². The Hall–Kier alpha value is -3.77. The Morgan fingerprint density at radius 1 is 1.03 bits per heavy atom. The van der Waals surface area contributed by atoms with Crippen molar-refractivity contribution in [3.8, 4) is 11.4 Å². The smallest absolute Gasteiger partial charge is 0.340 e. The third-order valence-electron chi connectivity index (χ3n) is 6.25. The van der Waals surface area contributed by atoms with Crippen molar-refractivity contribution >= 4 is 29.6 Å². The molecule has 0 saturated carbocycles. The highest BCUT2D eigenvalue weighted by Crippen LogP contribution is 2.35. The van der Waals surface area contributed by atoms with Crippen molar-refractivity contribution in [3.05, 3.63) is 99.0 Å². The molecule has 4 rings (SSSR count). The number of rotatable bonds is 6. The quantitative estimate of drug-likeness (QED) is 0.332. The lowest BCUT2D eigenvalue weighted by atomic mass is 10.0. The number of benzene rings is 2. The minimum atomic E-state index is -0.534. The summed E-state index contributed by atoms with van der Waals surface area (Å²) in [5, 5.41) is 0.506. The SMILES string of the molecule is COC(=O)C1=C(C)N(Cc2ccccc2)C(=O)/C1=C\c1cc(C)n(-c2ccc(OC)c(Cl)c2)c1C. The number of esters is 1. The van der Waals surface area contributed by atoms with Crippen molar-refractivity contribution in [1.29, 1.82) is 0 Å². The Morgan fingerprint density at radius 2 is 1.74 bits per heavy atom. The summed E-state index contributed by atoms with van der Waals surface area (Å²) in [6.07, 6.45) is 1.77. The number of methoxy groups -OCH3 is 2. The van der Waals surface area contributed by atoms with Crippen molar-refractivity contribution in [3.63, 3.8) is 0 Å². The summed E-state index contributed by atoms with van der Waals surface area (Å²) in [5.41, 5.74) is 5.72. The van der Waals surface area contributed by atoms with Gasteiger partial charge in [-0.05, 0) is 62.2 Å². The van der Waals surface area contributed by atoms with Crippen LogP contribution < -0.4 is 4.74 Å². The third kappa shape index (κ3) is 4.49. The summed E-state index contributed by atoms with van der Waals surface area (Å²) in [4.78, 5) is 27.8. The number of nitrogens with zero attached hydrogens (tertiary/aromatic N) is 2. The van der Waals surface area contributed by atoms with Crippen molar-refractivity contribution in [2.45, 2.75) is 27.3 Å². The molecule has 0 spiro atoms. The van der Waals surface area contributed by atoms with Crippen LogP contribution in [-0.2, 0) is 20.9 Å². The molecule has 0 N–H and O–H groups in total. The van der Waals surface area contributed by atoms with Gasteiger partial charge in [0.1, 0.15) is 5.75 Å². The van der Waals surface area contributed by atoms with Crippen LogP contribution in [0.3, 0.4) is 0 Å². The molecule has 0 unspecified atom stereocenters. The van der Waals surface area contributed by atoms with E-state index in [1.54, 1.807) is 25.0 Å². The lowest BCUT2D eigenvalue weighted by Gasteiger charge is -2.17. The van der Waals surface area contributed by atoms with E-state index >= 15 is 0 Å². The van der Waals surface area contributed by atoms with E-state index in [-0.39, 0.29) is 11.5 Å². The van der Waals surface area contributed by atoms with E-state index in [1.165, 1.54) is 7.11 Å². The summed E-state index contributed by atoms with van der Waals surface area (Å²) in [6.45, 7) is 6.09. The van der Waals surface area contributed by atoms with Crippen molar-refractivity contribution in [2.24, 2.45) is 0 Å². The first-order valence-corrected chi connectivity index (χ1v) is 11.5. The molecule has 0 bridgehead atoms. The van der Waals surface area contributed by atoms with Crippen molar-refractivity contribution in [2.75, 3.05) is 14.2 Å². The fraction of sp³-hybridized carbons (Fsp3) is 0.214. The number of halogens is 1.